The van der Waals surface area contributed by atoms with Crippen LogP contribution in [0.1, 0.15) is 10.6 Å². The van der Waals surface area contributed by atoms with Crippen molar-refractivity contribution in [3.8, 4) is 11.5 Å². The number of aromatic carboxylic acids is 1. The fraction of sp³-hybridized carbons (Fsp3) is 0. The lowest BCUT2D eigenvalue weighted by Gasteiger charge is -1.94. The van der Waals surface area contributed by atoms with E-state index in [4.69, 9.17) is 9.52 Å². The molecule has 0 unspecified atom stereocenters. The average molecular weight is 207 g/mol. The van der Waals surface area contributed by atoms with E-state index in [0.717, 1.165) is 6.20 Å². The summed E-state index contributed by atoms with van der Waals surface area (Å²) in [5.41, 5.74) is 0.405. The number of hydrogen-bond donors (Lipinski definition) is 1. The van der Waals surface area contributed by atoms with Crippen LogP contribution in [0.2, 0.25) is 0 Å². The number of carboxylic acid groups (broad SMARTS) is 1. The lowest BCUT2D eigenvalue weighted by Crippen LogP contribution is -1.91. The van der Waals surface area contributed by atoms with Crippen LogP contribution in [0.15, 0.2) is 34.9 Å². The number of benzene rings is 1. The minimum absolute atomic E-state index is 0.0897. The van der Waals surface area contributed by atoms with Crippen LogP contribution >= 0.6 is 0 Å². The van der Waals surface area contributed by atoms with Crippen molar-refractivity contribution in [2.75, 3.05) is 0 Å². The molecule has 0 aliphatic rings. The van der Waals surface area contributed by atoms with E-state index in [1.54, 1.807) is 6.07 Å². The third kappa shape index (κ3) is 1.85. The Morgan fingerprint density at radius 1 is 1.47 bits per heavy atom. The maximum absolute atomic E-state index is 12.8. The number of rotatable bonds is 2. The van der Waals surface area contributed by atoms with Crippen molar-refractivity contribution in [3.05, 3.63) is 42.0 Å². The third-order valence-electron chi connectivity index (χ3n) is 1.79. The second-order valence-corrected chi connectivity index (χ2v) is 2.85. The van der Waals surface area contributed by atoms with Crippen molar-refractivity contribution in [2.45, 2.75) is 0 Å². The standard InChI is InChI=1S/C10H6FNO3/c11-7-3-1-2-6(4-7)9-12-5-8(15-9)10(13)14/h1-5H,(H,13,14). The van der Waals surface area contributed by atoms with Crippen LogP contribution in [0, 0.1) is 5.82 Å². The van der Waals surface area contributed by atoms with Crippen molar-refractivity contribution >= 4 is 5.97 Å². The third-order valence-corrected chi connectivity index (χ3v) is 1.79. The molecule has 76 valence electrons. The summed E-state index contributed by atoms with van der Waals surface area (Å²) in [4.78, 5) is 14.2. The molecule has 0 saturated carbocycles. The van der Waals surface area contributed by atoms with Gasteiger partial charge in [0.1, 0.15) is 5.82 Å². The maximum atomic E-state index is 12.8. The van der Waals surface area contributed by atoms with Crippen LogP contribution in [0.3, 0.4) is 0 Å². The van der Waals surface area contributed by atoms with E-state index in [0.29, 0.717) is 5.56 Å². The normalized spacial score (nSPS) is 10.2. The fourth-order valence-electron chi connectivity index (χ4n) is 1.13. The predicted molar refractivity (Wildman–Crippen MR) is 48.9 cm³/mol. The summed E-state index contributed by atoms with van der Waals surface area (Å²) in [6, 6.07) is 5.58. The minimum Gasteiger partial charge on any atom is -0.475 e. The zero-order valence-electron chi connectivity index (χ0n) is 7.48. The van der Waals surface area contributed by atoms with Crippen molar-refractivity contribution in [2.24, 2.45) is 0 Å². The molecule has 2 aromatic rings. The number of oxazole rings is 1. The average Bonchev–Trinajstić information content (AvgIpc) is 2.66. The van der Waals surface area contributed by atoms with Crippen LogP contribution in [0.25, 0.3) is 11.5 Å². The number of hydrogen-bond acceptors (Lipinski definition) is 3. The summed E-state index contributed by atoms with van der Waals surface area (Å²) >= 11 is 0. The Labute approximate surface area is 84.0 Å². The Hall–Kier alpha value is -2.17. The first-order valence-corrected chi connectivity index (χ1v) is 4.12. The topological polar surface area (TPSA) is 63.3 Å². The molecule has 0 amide bonds. The van der Waals surface area contributed by atoms with Gasteiger partial charge in [-0.05, 0) is 18.2 Å². The molecule has 0 atom stereocenters. The van der Waals surface area contributed by atoms with Crippen molar-refractivity contribution in [1.82, 2.24) is 4.98 Å². The minimum atomic E-state index is -1.20. The Kier molecular flexibility index (Phi) is 2.21. The zero-order chi connectivity index (χ0) is 10.8. The summed E-state index contributed by atoms with van der Waals surface area (Å²) in [5, 5.41) is 8.59. The van der Waals surface area contributed by atoms with E-state index in [9.17, 15) is 9.18 Å². The zero-order valence-corrected chi connectivity index (χ0v) is 7.48. The largest absolute Gasteiger partial charge is 0.475 e. The molecular weight excluding hydrogens is 201 g/mol. The molecule has 5 heteroatoms. The highest BCUT2D eigenvalue weighted by molar-refractivity contribution is 5.84. The van der Waals surface area contributed by atoms with Gasteiger partial charge in [0.25, 0.3) is 0 Å². The SMILES string of the molecule is O=C(O)c1cnc(-c2cccc(F)c2)o1. The molecule has 1 N–H and O–H groups in total. The van der Waals surface area contributed by atoms with E-state index in [-0.39, 0.29) is 11.7 Å². The lowest BCUT2D eigenvalue weighted by molar-refractivity contribution is 0.0663. The predicted octanol–water partition coefficient (Wildman–Crippen LogP) is 2.18. The summed E-state index contributed by atoms with van der Waals surface area (Å²) < 4.78 is 17.7. The van der Waals surface area contributed by atoms with Crippen LogP contribution in [-0.2, 0) is 0 Å². The van der Waals surface area contributed by atoms with Crippen LogP contribution in [0.5, 0.6) is 0 Å². The molecule has 0 aliphatic heterocycles. The molecule has 0 aliphatic carbocycles. The van der Waals surface area contributed by atoms with E-state index >= 15 is 0 Å². The smallest absolute Gasteiger partial charge is 0.373 e. The first kappa shape index (κ1) is 9.39. The molecule has 1 heterocycles. The Morgan fingerprint density at radius 2 is 2.27 bits per heavy atom. The summed E-state index contributed by atoms with van der Waals surface area (Å²) in [6.07, 6.45) is 1.09. The van der Waals surface area contributed by atoms with Gasteiger partial charge in [-0.25, -0.2) is 14.2 Å². The first-order valence-electron chi connectivity index (χ1n) is 4.12. The number of nitrogens with zero attached hydrogens (tertiary/aromatic N) is 1. The van der Waals surface area contributed by atoms with Gasteiger partial charge >= 0.3 is 5.97 Å². The van der Waals surface area contributed by atoms with Gasteiger partial charge in [0.05, 0.1) is 6.20 Å². The van der Waals surface area contributed by atoms with Gasteiger partial charge in [0.2, 0.25) is 11.7 Å². The summed E-state index contributed by atoms with van der Waals surface area (Å²) in [5.74, 6) is -1.81. The molecule has 1 aromatic heterocycles. The molecule has 15 heavy (non-hydrogen) atoms. The molecule has 0 spiro atoms. The molecule has 0 radical (unpaired) electrons. The Bertz CT molecular complexity index is 507. The van der Waals surface area contributed by atoms with Crippen molar-refractivity contribution in [3.63, 3.8) is 0 Å². The molecule has 4 nitrogen and oxygen atoms in total. The highest BCUT2D eigenvalue weighted by atomic mass is 19.1. The second kappa shape index (κ2) is 3.53. The van der Waals surface area contributed by atoms with Gasteiger partial charge in [0, 0.05) is 5.56 Å². The van der Waals surface area contributed by atoms with E-state index < -0.39 is 11.8 Å². The summed E-state index contributed by atoms with van der Waals surface area (Å²) in [7, 11) is 0. The monoisotopic (exact) mass is 207 g/mol. The van der Waals surface area contributed by atoms with Crippen LogP contribution < -0.4 is 0 Å². The Morgan fingerprint density at radius 3 is 2.87 bits per heavy atom. The van der Waals surface area contributed by atoms with Gasteiger partial charge < -0.3 is 9.52 Å². The number of carbonyl (C=O) groups is 1. The van der Waals surface area contributed by atoms with Crippen molar-refractivity contribution in [1.29, 1.82) is 0 Å². The molecule has 1 aromatic carbocycles. The summed E-state index contributed by atoms with van der Waals surface area (Å²) in [6.45, 7) is 0. The fourth-order valence-corrected chi connectivity index (χ4v) is 1.13. The van der Waals surface area contributed by atoms with Gasteiger partial charge in [-0.3, -0.25) is 0 Å². The first-order chi connectivity index (χ1) is 7.16. The van der Waals surface area contributed by atoms with Gasteiger partial charge in [-0.15, -0.1) is 0 Å². The number of carboxylic acids is 1. The molecule has 0 fully saturated rings. The van der Waals surface area contributed by atoms with E-state index in [1.807, 2.05) is 0 Å². The van der Waals surface area contributed by atoms with Gasteiger partial charge in [-0.1, -0.05) is 6.07 Å². The number of halogens is 1. The Balaban J connectivity index is 2.41. The lowest BCUT2D eigenvalue weighted by atomic mass is 10.2. The molecule has 2 rings (SSSR count). The van der Waals surface area contributed by atoms with Gasteiger partial charge in [-0.2, -0.15) is 0 Å². The van der Waals surface area contributed by atoms with Crippen LogP contribution in [0.4, 0.5) is 4.39 Å². The van der Waals surface area contributed by atoms with Gasteiger partial charge in [0.15, 0.2) is 0 Å². The second-order valence-electron chi connectivity index (χ2n) is 2.85. The molecular formula is C10H6FNO3. The maximum Gasteiger partial charge on any atom is 0.373 e. The quantitative estimate of drug-likeness (QED) is 0.819. The van der Waals surface area contributed by atoms with Crippen molar-refractivity contribution < 1.29 is 18.7 Å². The highest BCUT2D eigenvalue weighted by Gasteiger charge is 2.11. The van der Waals surface area contributed by atoms with Crippen LogP contribution in [-0.4, -0.2) is 16.1 Å². The molecule has 0 saturated heterocycles. The molecule has 0 bridgehead atoms. The van der Waals surface area contributed by atoms with E-state index in [1.165, 1.54) is 18.2 Å². The number of aromatic nitrogens is 1. The highest BCUT2D eigenvalue weighted by Crippen LogP contribution is 2.19. The van der Waals surface area contributed by atoms with E-state index in [2.05, 4.69) is 4.98 Å².